The third kappa shape index (κ3) is 4.89. The Hall–Kier alpha value is -4.24. The number of nitrogens with two attached hydrogens (primary N) is 1. The second-order valence-electron chi connectivity index (χ2n) is 7.86. The molecule has 0 bridgehead atoms. The van der Waals surface area contributed by atoms with E-state index in [-0.39, 0.29) is 12.3 Å². The molecule has 0 radical (unpaired) electrons. The summed E-state index contributed by atoms with van der Waals surface area (Å²) in [5, 5.41) is 4.22. The molecule has 4 aromatic rings. The SMILES string of the molecule is NC(=O)c1cc(COc2ccc3nc(Nc4ccccc4N4CCOCC4)ncc3c2)ccn1. The van der Waals surface area contributed by atoms with Gasteiger partial charge in [0.05, 0.1) is 30.1 Å². The Morgan fingerprint density at radius 3 is 2.79 bits per heavy atom. The lowest BCUT2D eigenvalue weighted by atomic mass is 10.2. The predicted octanol–water partition coefficient (Wildman–Crippen LogP) is 3.28. The Bertz CT molecular complexity index is 1320. The fraction of sp³-hybridized carbons (Fsp3) is 0.200. The predicted molar refractivity (Wildman–Crippen MR) is 129 cm³/mol. The van der Waals surface area contributed by atoms with E-state index in [1.165, 1.54) is 0 Å². The molecule has 1 aliphatic rings. The smallest absolute Gasteiger partial charge is 0.267 e. The molecular formula is C25H24N6O3. The van der Waals surface area contributed by atoms with Crippen LogP contribution in [0.25, 0.3) is 10.9 Å². The third-order valence-corrected chi connectivity index (χ3v) is 5.54. The van der Waals surface area contributed by atoms with Gasteiger partial charge in [-0.15, -0.1) is 0 Å². The molecular weight excluding hydrogens is 432 g/mol. The highest BCUT2D eigenvalue weighted by Gasteiger charge is 2.15. The van der Waals surface area contributed by atoms with E-state index >= 15 is 0 Å². The molecule has 1 saturated heterocycles. The number of carbonyl (C=O) groups excluding carboxylic acids is 1. The van der Waals surface area contributed by atoms with Crippen molar-refractivity contribution in [3.8, 4) is 5.75 Å². The van der Waals surface area contributed by atoms with E-state index in [0.717, 1.165) is 54.1 Å². The third-order valence-electron chi connectivity index (χ3n) is 5.54. The zero-order valence-corrected chi connectivity index (χ0v) is 18.5. The van der Waals surface area contributed by atoms with Gasteiger partial charge >= 0.3 is 0 Å². The molecule has 3 heterocycles. The van der Waals surface area contributed by atoms with Crippen LogP contribution in [0.1, 0.15) is 16.1 Å². The van der Waals surface area contributed by atoms with Crippen molar-refractivity contribution in [1.82, 2.24) is 15.0 Å². The van der Waals surface area contributed by atoms with Crippen molar-refractivity contribution in [3.63, 3.8) is 0 Å². The minimum absolute atomic E-state index is 0.211. The van der Waals surface area contributed by atoms with Gasteiger partial charge < -0.3 is 25.4 Å². The first-order chi connectivity index (χ1) is 16.7. The number of nitrogens with one attached hydrogen (secondary N) is 1. The first-order valence-electron chi connectivity index (χ1n) is 11.0. The van der Waals surface area contributed by atoms with Crippen LogP contribution >= 0.6 is 0 Å². The quantitative estimate of drug-likeness (QED) is 0.435. The molecule has 1 fully saturated rings. The monoisotopic (exact) mass is 456 g/mol. The van der Waals surface area contributed by atoms with Crippen LogP contribution in [0, 0.1) is 0 Å². The molecule has 3 N–H and O–H groups in total. The van der Waals surface area contributed by atoms with Gasteiger partial charge in [-0.25, -0.2) is 9.97 Å². The van der Waals surface area contributed by atoms with Gasteiger partial charge in [0.25, 0.3) is 5.91 Å². The Labute approximate surface area is 196 Å². The average molecular weight is 457 g/mol. The highest BCUT2D eigenvalue weighted by molar-refractivity contribution is 5.90. The average Bonchev–Trinajstić information content (AvgIpc) is 2.88. The summed E-state index contributed by atoms with van der Waals surface area (Å²) in [4.78, 5) is 26.7. The molecule has 172 valence electrons. The summed E-state index contributed by atoms with van der Waals surface area (Å²) in [6.45, 7) is 3.43. The number of para-hydroxylation sites is 2. The second-order valence-corrected chi connectivity index (χ2v) is 7.86. The Morgan fingerprint density at radius 1 is 1.09 bits per heavy atom. The van der Waals surface area contributed by atoms with E-state index in [0.29, 0.717) is 11.7 Å². The summed E-state index contributed by atoms with van der Waals surface area (Å²) in [5.74, 6) is 0.631. The van der Waals surface area contributed by atoms with Gasteiger partial charge in [0, 0.05) is 30.9 Å². The summed E-state index contributed by atoms with van der Waals surface area (Å²) in [7, 11) is 0. The van der Waals surface area contributed by atoms with Crippen molar-refractivity contribution in [2.45, 2.75) is 6.61 Å². The molecule has 0 saturated carbocycles. The Morgan fingerprint density at radius 2 is 1.94 bits per heavy atom. The number of primary amides is 1. The van der Waals surface area contributed by atoms with Gasteiger partial charge in [-0.05, 0) is 48.0 Å². The van der Waals surface area contributed by atoms with Crippen molar-refractivity contribution in [1.29, 1.82) is 0 Å². The van der Waals surface area contributed by atoms with Gasteiger partial charge in [-0.3, -0.25) is 9.78 Å². The number of fused-ring (bicyclic) bond motifs is 1. The van der Waals surface area contributed by atoms with Crippen LogP contribution in [0.3, 0.4) is 0 Å². The fourth-order valence-corrected chi connectivity index (χ4v) is 3.81. The van der Waals surface area contributed by atoms with Crippen molar-refractivity contribution < 1.29 is 14.3 Å². The van der Waals surface area contributed by atoms with E-state index < -0.39 is 5.91 Å². The van der Waals surface area contributed by atoms with E-state index in [4.69, 9.17) is 15.2 Å². The molecule has 9 heteroatoms. The number of amides is 1. The number of morpholine rings is 1. The minimum atomic E-state index is -0.568. The van der Waals surface area contributed by atoms with E-state index in [9.17, 15) is 4.79 Å². The molecule has 1 amide bonds. The van der Waals surface area contributed by atoms with E-state index in [1.807, 2.05) is 36.4 Å². The molecule has 0 unspecified atom stereocenters. The van der Waals surface area contributed by atoms with Crippen molar-refractivity contribution >= 4 is 34.1 Å². The zero-order chi connectivity index (χ0) is 23.3. The van der Waals surface area contributed by atoms with E-state index in [1.54, 1.807) is 24.5 Å². The Kier molecular flexibility index (Phi) is 6.17. The lowest BCUT2D eigenvalue weighted by molar-refractivity contribution is 0.0995. The normalized spacial score (nSPS) is 13.6. The maximum atomic E-state index is 11.3. The molecule has 1 aliphatic heterocycles. The van der Waals surface area contributed by atoms with Crippen molar-refractivity contribution in [3.05, 3.63) is 78.2 Å². The standard InChI is InChI=1S/C25H24N6O3/c26-24(32)22-13-17(7-8-27-22)16-34-19-5-6-20-18(14-19)15-28-25(29-20)30-21-3-1-2-4-23(21)31-9-11-33-12-10-31/h1-8,13-15H,9-12,16H2,(H2,26,32)(H,28,29,30). The number of pyridine rings is 1. The number of hydrogen-bond acceptors (Lipinski definition) is 8. The fourth-order valence-electron chi connectivity index (χ4n) is 3.81. The highest BCUT2D eigenvalue weighted by atomic mass is 16.5. The molecule has 2 aromatic heterocycles. The first-order valence-corrected chi connectivity index (χ1v) is 11.0. The zero-order valence-electron chi connectivity index (χ0n) is 18.5. The molecule has 2 aromatic carbocycles. The Balaban J connectivity index is 1.30. The largest absolute Gasteiger partial charge is 0.489 e. The molecule has 5 rings (SSSR count). The van der Waals surface area contributed by atoms with Gasteiger partial charge in [-0.1, -0.05) is 12.1 Å². The summed E-state index contributed by atoms with van der Waals surface area (Å²) in [5.41, 5.74) is 9.17. The summed E-state index contributed by atoms with van der Waals surface area (Å²) in [6, 6.07) is 17.2. The maximum absolute atomic E-state index is 11.3. The number of nitrogens with zero attached hydrogens (tertiary/aromatic N) is 4. The first kappa shape index (κ1) is 21.6. The lowest BCUT2D eigenvalue weighted by Gasteiger charge is -2.30. The molecule has 0 atom stereocenters. The van der Waals surface area contributed by atoms with Gasteiger partial charge in [0.2, 0.25) is 5.95 Å². The van der Waals surface area contributed by atoms with Crippen LogP contribution in [0.5, 0.6) is 5.75 Å². The van der Waals surface area contributed by atoms with Crippen molar-refractivity contribution in [2.75, 3.05) is 36.5 Å². The number of carbonyl (C=O) groups is 1. The summed E-state index contributed by atoms with van der Waals surface area (Å²) < 4.78 is 11.4. The van der Waals surface area contributed by atoms with Gasteiger partial charge in [0.15, 0.2) is 0 Å². The molecule has 0 spiro atoms. The van der Waals surface area contributed by atoms with Gasteiger partial charge in [0.1, 0.15) is 18.1 Å². The second kappa shape index (κ2) is 9.72. The molecule has 34 heavy (non-hydrogen) atoms. The van der Waals surface area contributed by atoms with Crippen LogP contribution in [-0.4, -0.2) is 47.2 Å². The minimum Gasteiger partial charge on any atom is -0.489 e. The number of benzene rings is 2. The van der Waals surface area contributed by atoms with Crippen LogP contribution in [0.2, 0.25) is 0 Å². The number of rotatable bonds is 7. The summed E-state index contributed by atoms with van der Waals surface area (Å²) in [6.07, 6.45) is 3.31. The van der Waals surface area contributed by atoms with E-state index in [2.05, 4.69) is 31.2 Å². The maximum Gasteiger partial charge on any atom is 0.267 e. The lowest BCUT2D eigenvalue weighted by Crippen LogP contribution is -2.36. The van der Waals surface area contributed by atoms with Crippen LogP contribution in [0.4, 0.5) is 17.3 Å². The molecule has 9 nitrogen and oxygen atoms in total. The van der Waals surface area contributed by atoms with Gasteiger partial charge in [-0.2, -0.15) is 0 Å². The highest BCUT2D eigenvalue weighted by Crippen LogP contribution is 2.29. The number of anilines is 3. The molecule has 0 aliphatic carbocycles. The summed E-state index contributed by atoms with van der Waals surface area (Å²) >= 11 is 0. The van der Waals surface area contributed by atoms with Crippen LogP contribution in [0.15, 0.2) is 67.0 Å². The van der Waals surface area contributed by atoms with Crippen molar-refractivity contribution in [2.24, 2.45) is 5.73 Å². The number of ether oxygens (including phenoxy) is 2. The number of aromatic nitrogens is 3. The number of hydrogen-bond donors (Lipinski definition) is 2. The van der Waals surface area contributed by atoms with Crippen LogP contribution < -0.4 is 20.7 Å². The topological polar surface area (TPSA) is 115 Å². The van der Waals surface area contributed by atoms with Crippen LogP contribution in [-0.2, 0) is 11.3 Å².